The molecule has 2 N–H and O–H groups in total. The van der Waals surface area contributed by atoms with E-state index in [0.717, 1.165) is 0 Å². The molecule has 0 aliphatic carbocycles. The second-order valence-corrected chi connectivity index (χ2v) is 3.95. The van der Waals surface area contributed by atoms with Gasteiger partial charge in [0.15, 0.2) is 0 Å². The number of carbonyl (C=O) groups is 1. The number of aliphatic hydroxyl groups excluding tert-OH is 1. The van der Waals surface area contributed by atoms with E-state index in [4.69, 9.17) is 10.2 Å². The summed E-state index contributed by atoms with van der Waals surface area (Å²) >= 11 is 0. The SMILES string of the molecule is CCCN(CCO)c1c(C(=O)O)cccc1[N+](=O)[O-]. The van der Waals surface area contributed by atoms with Crippen LogP contribution in [0, 0.1) is 10.1 Å². The zero-order valence-electron chi connectivity index (χ0n) is 10.6. The molecule has 7 nitrogen and oxygen atoms in total. The van der Waals surface area contributed by atoms with Crippen LogP contribution in [0.4, 0.5) is 11.4 Å². The van der Waals surface area contributed by atoms with Gasteiger partial charge in [-0.2, -0.15) is 0 Å². The van der Waals surface area contributed by atoms with E-state index >= 15 is 0 Å². The van der Waals surface area contributed by atoms with Crippen LogP contribution in [0.2, 0.25) is 0 Å². The minimum atomic E-state index is -1.22. The lowest BCUT2D eigenvalue weighted by Gasteiger charge is -2.24. The molecular formula is C12H16N2O5. The first-order valence-electron chi connectivity index (χ1n) is 5.89. The summed E-state index contributed by atoms with van der Waals surface area (Å²) in [5, 5.41) is 29.2. The van der Waals surface area contributed by atoms with Crippen molar-refractivity contribution in [1.29, 1.82) is 0 Å². The molecule has 0 aliphatic rings. The summed E-state index contributed by atoms with van der Waals surface area (Å²) in [5.74, 6) is -1.22. The minimum absolute atomic E-state index is 0.0518. The van der Waals surface area contributed by atoms with E-state index in [1.807, 2.05) is 6.92 Å². The molecule has 1 rings (SSSR count). The number of hydrogen-bond donors (Lipinski definition) is 2. The fraction of sp³-hybridized carbons (Fsp3) is 0.417. The normalized spacial score (nSPS) is 10.2. The van der Waals surface area contributed by atoms with Crippen LogP contribution in [0.5, 0.6) is 0 Å². The smallest absolute Gasteiger partial charge is 0.338 e. The third-order valence-corrected chi connectivity index (χ3v) is 2.62. The first-order valence-corrected chi connectivity index (χ1v) is 5.89. The molecule has 0 aliphatic heterocycles. The lowest BCUT2D eigenvalue weighted by molar-refractivity contribution is -0.384. The number of aliphatic hydroxyl groups is 1. The van der Waals surface area contributed by atoms with E-state index in [1.165, 1.54) is 23.1 Å². The van der Waals surface area contributed by atoms with E-state index in [0.29, 0.717) is 13.0 Å². The maximum atomic E-state index is 11.2. The highest BCUT2D eigenvalue weighted by Gasteiger charge is 2.25. The molecule has 19 heavy (non-hydrogen) atoms. The van der Waals surface area contributed by atoms with Crippen molar-refractivity contribution < 1.29 is 19.9 Å². The summed E-state index contributed by atoms with van der Waals surface area (Å²) in [5.41, 5.74) is -0.339. The predicted octanol–water partition coefficient (Wildman–Crippen LogP) is 1.50. The molecule has 0 saturated heterocycles. The molecular weight excluding hydrogens is 252 g/mol. The summed E-state index contributed by atoms with van der Waals surface area (Å²) in [6.45, 7) is 2.26. The summed E-state index contributed by atoms with van der Waals surface area (Å²) in [6.07, 6.45) is 0.686. The number of nitro benzene ring substituents is 1. The first kappa shape index (κ1) is 14.9. The van der Waals surface area contributed by atoms with Crippen molar-refractivity contribution in [2.75, 3.05) is 24.6 Å². The molecule has 0 aromatic heterocycles. The Labute approximate surface area is 110 Å². The Bertz CT molecular complexity index is 437. The van der Waals surface area contributed by atoms with Crippen LogP contribution >= 0.6 is 0 Å². The first-order chi connectivity index (χ1) is 9.02. The van der Waals surface area contributed by atoms with Gasteiger partial charge in [-0.3, -0.25) is 10.1 Å². The predicted molar refractivity (Wildman–Crippen MR) is 69.6 cm³/mol. The monoisotopic (exact) mass is 268 g/mol. The highest BCUT2D eigenvalue weighted by Crippen LogP contribution is 2.32. The van der Waals surface area contributed by atoms with Crippen LogP contribution < -0.4 is 4.90 Å². The van der Waals surface area contributed by atoms with Gasteiger partial charge in [-0.1, -0.05) is 13.0 Å². The van der Waals surface area contributed by atoms with Crippen LogP contribution in [0.3, 0.4) is 0 Å². The van der Waals surface area contributed by atoms with Gasteiger partial charge in [0.1, 0.15) is 5.69 Å². The molecule has 0 spiro atoms. The lowest BCUT2D eigenvalue weighted by atomic mass is 10.1. The fourth-order valence-electron chi connectivity index (χ4n) is 1.91. The Balaban J connectivity index is 3.40. The second-order valence-electron chi connectivity index (χ2n) is 3.95. The van der Waals surface area contributed by atoms with Gasteiger partial charge >= 0.3 is 5.97 Å². The van der Waals surface area contributed by atoms with Crippen molar-refractivity contribution in [3.63, 3.8) is 0 Å². The van der Waals surface area contributed by atoms with Crippen LogP contribution in [0.25, 0.3) is 0 Å². The molecule has 0 atom stereocenters. The minimum Gasteiger partial charge on any atom is -0.478 e. The van der Waals surface area contributed by atoms with Gasteiger partial charge < -0.3 is 15.1 Å². The number of nitrogens with zero attached hydrogens (tertiary/aromatic N) is 2. The van der Waals surface area contributed by atoms with E-state index in [-0.39, 0.29) is 30.1 Å². The summed E-state index contributed by atoms with van der Waals surface area (Å²) in [4.78, 5) is 23.2. The number of para-hydroxylation sites is 1. The third kappa shape index (κ3) is 3.41. The molecule has 0 amide bonds. The van der Waals surface area contributed by atoms with E-state index in [9.17, 15) is 14.9 Å². The molecule has 0 saturated carbocycles. The summed E-state index contributed by atoms with van der Waals surface area (Å²) in [7, 11) is 0. The number of carboxylic acids is 1. The molecule has 104 valence electrons. The van der Waals surface area contributed by atoms with E-state index < -0.39 is 10.9 Å². The molecule has 0 unspecified atom stereocenters. The highest BCUT2D eigenvalue weighted by molar-refractivity contribution is 5.97. The van der Waals surface area contributed by atoms with E-state index in [1.54, 1.807) is 0 Å². The number of carboxylic acid groups (broad SMARTS) is 1. The molecule has 1 aromatic rings. The molecule has 7 heteroatoms. The number of hydrogen-bond acceptors (Lipinski definition) is 5. The Kier molecular flexibility index (Phi) is 5.25. The topological polar surface area (TPSA) is 104 Å². The van der Waals surface area contributed by atoms with Crippen molar-refractivity contribution in [2.45, 2.75) is 13.3 Å². The maximum absolute atomic E-state index is 11.2. The number of benzene rings is 1. The molecule has 0 fully saturated rings. The Morgan fingerprint density at radius 3 is 2.58 bits per heavy atom. The number of aromatic carboxylic acids is 1. The van der Waals surface area contributed by atoms with Gasteiger partial charge in [0.2, 0.25) is 0 Å². The average molecular weight is 268 g/mol. The van der Waals surface area contributed by atoms with E-state index in [2.05, 4.69) is 0 Å². The maximum Gasteiger partial charge on any atom is 0.338 e. The molecule has 0 bridgehead atoms. The number of anilines is 1. The zero-order chi connectivity index (χ0) is 14.4. The standard InChI is InChI=1S/C12H16N2O5/c1-2-6-13(7-8-15)11-9(12(16)17)4-3-5-10(11)14(18)19/h3-5,15H,2,6-8H2,1H3,(H,16,17). The van der Waals surface area contributed by atoms with Gasteiger partial charge in [0.25, 0.3) is 5.69 Å². The van der Waals surface area contributed by atoms with Gasteiger partial charge in [-0.25, -0.2) is 4.79 Å². The van der Waals surface area contributed by atoms with Gasteiger partial charge in [-0.05, 0) is 12.5 Å². The lowest BCUT2D eigenvalue weighted by Crippen LogP contribution is -2.29. The third-order valence-electron chi connectivity index (χ3n) is 2.62. The molecule has 0 radical (unpaired) electrons. The van der Waals surface area contributed by atoms with Crippen molar-refractivity contribution in [2.24, 2.45) is 0 Å². The van der Waals surface area contributed by atoms with Crippen molar-refractivity contribution in [3.8, 4) is 0 Å². The molecule has 1 aromatic carbocycles. The Hall–Kier alpha value is -2.15. The number of nitro groups is 1. The van der Waals surface area contributed by atoms with Crippen LogP contribution in [-0.4, -0.2) is 40.8 Å². The Morgan fingerprint density at radius 2 is 2.11 bits per heavy atom. The Morgan fingerprint density at radius 1 is 1.42 bits per heavy atom. The quantitative estimate of drug-likeness (QED) is 0.573. The fourth-order valence-corrected chi connectivity index (χ4v) is 1.91. The van der Waals surface area contributed by atoms with Crippen molar-refractivity contribution in [1.82, 2.24) is 0 Å². The summed E-state index contributed by atoms with van der Waals surface area (Å²) in [6, 6.07) is 3.93. The van der Waals surface area contributed by atoms with Crippen LogP contribution in [-0.2, 0) is 0 Å². The highest BCUT2D eigenvalue weighted by atomic mass is 16.6. The van der Waals surface area contributed by atoms with Crippen molar-refractivity contribution >= 4 is 17.3 Å². The zero-order valence-corrected chi connectivity index (χ0v) is 10.6. The number of rotatable bonds is 7. The molecule has 0 heterocycles. The van der Waals surface area contributed by atoms with Crippen LogP contribution in [0.15, 0.2) is 18.2 Å². The van der Waals surface area contributed by atoms with Crippen LogP contribution in [0.1, 0.15) is 23.7 Å². The van der Waals surface area contributed by atoms with Gasteiger partial charge in [0.05, 0.1) is 17.1 Å². The summed E-state index contributed by atoms with van der Waals surface area (Å²) < 4.78 is 0. The van der Waals surface area contributed by atoms with Crippen molar-refractivity contribution in [3.05, 3.63) is 33.9 Å². The van der Waals surface area contributed by atoms with Gasteiger partial charge in [0, 0.05) is 19.2 Å². The second kappa shape index (κ2) is 6.69. The van der Waals surface area contributed by atoms with Gasteiger partial charge in [-0.15, -0.1) is 0 Å². The average Bonchev–Trinajstić information content (AvgIpc) is 2.37. The largest absolute Gasteiger partial charge is 0.478 e.